The summed E-state index contributed by atoms with van der Waals surface area (Å²) in [6, 6.07) is 9.56. The molecule has 1 amide bonds. The number of aliphatic hydroxyl groups is 1. The van der Waals surface area contributed by atoms with Crippen LogP contribution in [0.3, 0.4) is 0 Å². The van der Waals surface area contributed by atoms with Crippen molar-refractivity contribution in [3.05, 3.63) is 65.2 Å². The standard InChI is InChI=1S/C26H31FN4O6S2/c1-16(2)11-12-26(3)15-31(14-17-5-7-18(27)8-6-17)25(33)22(23(26)32)24-28-20-10-9-19(29-38(4,34)35)13-21(20)39(36,37)30-24/h5-10,13,16,29,32H,11-12,14-15H2,1-4H3,(H,28,30). The molecule has 210 valence electrons. The minimum atomic E-state index is -4.38. The maximum absolute atomic E-state index is 13.7. The monoisotopic (exact) mass is 578 g/mol. The minimum absolute atomic E-state index is 0.0304. The fraction of sp³-hybridized carbons (Fsp3) is 0.385. The Kier molecular flexibility index (Phi) is 7.52. The van der Waals surface area contributed by atoms with Crippen molar-refractivity contribution in [2.45, 2.75) is 45.1 Å². The van der Waals surface area contributed by atoms with Crippen molar-refractivity contribution >= 4 is 43.2 Å². The van der Waals surface area contributed by atoms with Crippen LogP contribution in [0, 0.1) is 17.2 Å². The van der Waals surface area contributed by atoms with E-state index in [1.54, 1.807) is 12.1 Å². The van der Waals surface area contributed by atoms with Gasteiger partial charge in [-0.05, 0) is 54.7 Å². The number of benzene rings is 2. The number of hydrogen-bond acceptors (Lipinski definition) is 7. The van der Waals surface area contributed by atoms with Gasteiger partial charge in [0.2, 0.25) is 10.0 Å². The lowest BCUT2D eigenvalue weighted by molar-refractivity contribution is -0.130. The van der Waals surface area contributed by atoms with E-state index in [2.05, 4.69) is 14.4 Å². The largest absolute Gasteiger partial charge is 0.511 e. The number of halogens is 1. The van der Waals surface area contributed by atoms with Gasteiger partial charge in [-0.25, -0.2) is 12.8 Å². The zero-order valence-electron chi connectivity index (χ0n) is 22.0. The Balaban J connectivity index is 1.77. The minimum Gasteiger partial charge on any atom is -0.511 e. The number of carbonyl (C=O) groups excluding carboxylic acids is 1. The molecule has 1 atom stereocenters. The van der Waals surface area contributed by atoms with Crippen molar-refractivity contribution in [2.24, 2.45) is 15.7 Å². The highest BCUT2D eigenvalue weighted by Crippen LogP contribution is 2.41. The topological polar surface area (TPSA) is 145 Å². The van der Waals surface area contributed by atoms with E-state index in [1.807, 2.05) is 20.8 Å². The highest BCUT2D eigenvalue weighted by molar-refractivity contribution is 7.92. The molecule has 2 aromatic rings. The average molecular weight is 579 g/mol. The fourth-order valence-electron chi connectivity index (χ4n) is 4.63. The molecule has 2 aliphatic rings. The van der Waals surface area contributed by atoms with Gasteiger partial charge >= 0.3 is 0 Å². The van der Waals surface area contributed by atoms with Crippen molar-refractivity contribution in [1.29, 1.82) is 0 Å². The van der Waals surface area contributed by atoms with Crippen molar-refractivity contribution in [2.75, 3.05) is 22.8 Å². The summed E-state index contributed by atoms with van der Waals surface area (Å²) in [6.45, 7) is 6.17. The lowest BCUT2D eigenvalue weighted by Gasteiger charge is -2.41. The van der Waals surface area contributed by atoms with Crippen LogP contribution in [0.25, 0.3) is 0 Å². The van der Waals surface area contributed by atoms with E-state index >= 15 is 0 Å². The summed E-state index contributed by atoms with van der Waals surface area (Å²) in [6.07, 6.45) is 2.20. The molecule has 0 aromatic heterocycles. The first-order valence-corrected chi connectivity index (χ1v) is 15.6. The van der Waals surface area contributed by atoms with Crippen LogP contribution in [0.1, 0.15) is 39.2 Å². The lowest BCUT2D eigenvalue weighted by Crippen LogP contribution is -2.49. The third kappa shape index (κ3) is 6.25. The van der Waals surface area contributed by atoms with E-state index in [-0.39, 0.29) is 46.5 Å². The Hall–Kier alpha value is -3.45. The van der Waals surface area contributed by atoms with Gasteiger partial charge in [-0.1, -0.05) is 32.9 Å². The van der Waals surface area contributed by atoms with Crippen LogP contribution < -0.4 is 10.0 Å². The summed E-state index contributed by atoms with van der Waals surface area (Å²) in [5, 5.41) is 14.3. The quantitative estimate of drug-likeness (QED) is 0.429. The van der Waals surface area contributed by atoms with Gasteiger partial charge in [0.1, 0.15) is 22.0 Å². The number of aliphatic hydroxyl groups excluding tert-OH is 1. The van der Waals surface area contributed by atoms with E-state index < -0.39 is 37.2 Å². The van der Waals surface area contributed by atoms with Crippen LogP contribution in [-0.4, -0.2) is 51.4 Å². The summed E-state index contributed by atoms with van der Waals surface area (Å²) in [5.74, 6) is -1.31. The molecule has 13 heteroatoms. The number of fused-ring (bicyclic) bond motifs is 1. The van der Waals surface area contributed by atoms with E-state index in [1.165, 1.54) is 29.2 Å². The third-order valence-electron chi connectivity index (χ3n) is 6.67. The third-order valence-corrected chi connectivity index (χ3v) is 8.60. The van der Waals surface area contributed by atoms with Crippen molar-refractivity contribution in [3.63, 3.8) is 0 Å². The second-order valence-electron chi connectivity index (χ2n) is 10.6. The van der Waals surface area contributed by atoms with Gasteiger partial charge in [0.05, 0.1) is 11.9 Å². The van der Waals surface area contributed by atoms with Crippen molar-refractivity contribution in [1.82, 2.24) is 4.90 Å². The molecule has 0 radical (unpaired) electrons. The van der Waals surface area contributed by atoms with Crippen LogP contribution >= 0.6 is 0 Å². The first kappa shape index (κ1) is 28.6. The Morgan fingerprint density at radius 1 is 1.21 bits per heavy atom. The SMILES string of the molecule is CC(C)CCC1(C)CN(Cc2ccc(F)cc2)C(=O)C(C2=NS(=O)(=O)c3cc(NS(C)(=O)=O)ccc3N2)=C1O. The molecule has 0 saturated heterocycles. The Bertz CT molecular complexity index is 1580. The summed E-state index contributed by atoms with van der Waals surface area (Å²) < 4.78 is 69.0. The molecule has 3 N–H and O–H groups in total. The Morgan fingerprint density at radius 2 is 1.87 bits per heavy atom. The van der Waals surface area contributed by atoms with E-state index in [9.17, 15) is 31.1 Å². The number of amidine groups is 1. The maximum Gasteiger partial charge on any atom is 0.286 e. The number of carbonyl (C=O) groups is 1. The van der Waals surface area contributed by atoms with Gasteiger partial charge in [-0.15, -0.1) is 4.40 Å². The van der Waals surface area contributed by atoms with E-state index in [0.29, 0.717) is 17.9 Å². The van der Waals surface area contributed by atoms with Gasteiger partial charge < -0.3 is 15.3 Å². The number of nitrogens with zero attached hydrogens (tertiary/aromatic N) is 2. The van der Waals surface area contributed by atoms with E-state index in [4.69, 9.17) is 0 Å². The Labute approximate surface area is 227 Å². The normalized spacial score (nSPS) is 20.9. The van der Waals surface area contributed by atoms with Gasteiger partial charge in [-0.2, -0.15) is 8.42 Å². The molecule has 10 nitrogen and oxygen atoms in total. The maximum atomic E-state index is 13.7. The van der Waals surface area contributed by atoms with Crippen LogP contribution in [0.2, 0.25) is 0 Å². The molecule has 1 unspecified atom stereocenters. The fourth-order valence-corrected chi connectivity index (χ4v) is 6.33. The molecular weight excluding hydrogens is 547 g/mol. The molecule has 0 aliphatic carbocycles. The number of anilines is 2. The zero-order chi connectivity index (χ0) is 28.8. The summed E-state index contributed by atoms with van der Waals surface area (Å²) in [7, 11) is -8.03. The predicted octanol–water partition coefficient (Wildman–Crippen LogP) is 4.01. The molecule has 2 heterocycles. The lowest BCUT2D eigenvalue weighted by atomic mass is 9.76. The van der Waals surface area contributed by atoms with Crippen molar-refractivity contribution < 1.29 is 31.1 Å². The predicted molar refractivity (Wildman–Crippen MR) is 147 cm³/mol. The second-order valence-corrected chi connectivity index (χ2v) is 14.0. The Morgan fingerprint density at radius 3 is 2.49 bits per heavy atom. The van der Waals surface area contributed by atoms with E-state index in [0.717, 1.165) is 18.7 Å². The first-order chi connectivity index (χ1) is 18.1. The number of sulfonamides is 2. The molecule has 0 fully saturated rings. The van der Waals surface area contributed by atoms with Crippen LogP contribution in [0.5, 0.6) is 0 Å². The molecule has 2 aliphatic heterocycles. The summed E-state index contributed by atoms with van der Waals surface area (Å²) in [4.78, 5) is 14.9. The van der Waals surface area contributed by atoms with Crippen LogP contribution in [0.15, 0.2) is 63.1 Å². The smallest absolute Gasteiger partial charge is 0.286 e. The molecule has 4 rings (SSSR count). The van der Waals surface area contributed by atoms with Crippen molar-refractivity contribution in [3.8, 4) is 0 Å². The summed E-state index contributed by atoms with van der Waals surface area (Å²) in [5.41, 5.74) is -0.388. The van der Waals surface area contributed by atoms with Gasteiger partial charge in [0.15, 0.2) is 5.84 Å². The van der Waals surface area contributed by atoms with Gasteiger partial charge in [0, 0.05) is 24.2 Å². The number of rotatable bonds is 8. The molecule has 2 aromatic carbocycles. The number of amides is 1. The van der Waals surface area contributed by atoms with Crippen LogP contribution in [0.4, 0.5) is 15.8 Å². The summed E-state index contributed by atoms with van der Waals surface area (Å²) >= 11 is 0. The van der Waals surface area contributed by atoms with Crippen LogP contribution in [-0.2, 0) is 31.4 Å². The molecule has 0 bridgehead atoms. The average Bonchev–Trinajstić information content (AvgIpc) is 2.82. The highest BCUT2D eigenvalue weighted by Gasteiger charge is 2.45. The number of hydrogen-bond donors (Lipinski definition) is 3. The van der Waals surface area contributed by atoms with Gasteiger partial charge in [-0.3, -0.25) is 9.52 Å². The molecular formula is C26H31FN4O6S2. The second kappa shape index (κ2) is 10.3. The number of nitrogens with one attached hydrogen (secondary N) is 2. The first-order valence-electron chi connectivity index (χ1n) is 12.3. The highest BCUT2D eigenvalue weighted by atomic mass is 32.2. The zero-order valence-corrected chi connectivity index (χ0v) is 23.7. The molecule has 0 saturated carbocycles. The molecule has 0 spiro atoms. The van der Waals surface area contributed by atoms with Gasteiger partial charge in [0.25, 0.3) is 15.9 Å². The molecule has 39 heavy (non-hydrogen) atoms.